The monoisotopic (exact) mass is 330 g/mol. The largest absolute Gasteiger partial charge is 0.486 e. The van der Waals surface area contributed by atoms with Gasteiger partial charge in [-0.1, -0.05) is 12.5 Å². The summed E-state index contributed by atoms with van der Waals surface area (Å²) in [6.45, 7) is 5.10. The summed E-state index contributed by atoms with van der Waals surface area (Å²) in [6, 6.07) is 6.14. The quantitative estimate of drug-likeness (QED) is 0.836. The van der Waals surface area contributed by atoms with Crippen molar-refractivity contribution in [3.05, 3.63) is 23.8 Å². The molecule has 0 N–H and O–H groups in total. The molecule has 1 aromatic carbocycles. The molecule has 4 rings (SSSR count). The van der Waals surface area contributed by atoms with Crippen LogP contribution in [0.25, 0.3) is 0 Å². The first kappa shape index (κ1) is 15.8. The number of nitrogens with zero attached hydrogens (tertiary/aromatic N) is 2. The summed E-state index contributed by atoms with van der Waals surface area (Å²) in [6.07, 6.45) is 6.08. The van der Waals surface area contributed by atoms with Crippen molar-refractivity contribution in [2.75, 3.05) is 39.4 Å². The number of carbonyl (C=O) groups excluding carboxylic acids is 1. The number of hydrogen-bond donors (Lipinski definition) is 0. The van der Waals surface area contributed by atoms with Crippen molar-refractivity contribution in [1.82, 2.24) is 9.80 Å². The predicted molar refractivity (Wildman–Crippen MR) is 91.8 cm³/mol. The van der Waals surface area contributed by atoms with Gasteiger partial charge in [0, 0.05) is 19.1 Å². The van der Waals surface area contributed by atoms with Gasteiger partial charge in [0.2, 0.25) is 0 Å². The molecule has 1 amide bonds. The third kappa shape index (κ3) is 3.09. The van der Waals surface area contributed by atoms with Crippen LogP contribution in [-0.2, 0) is 0 Å². The summed E-state index contributed by atoms with van der Waals surface area (Å²) in [5, 5.41) is 0. The molecule has 3 heterocycles. The summed E-state index contributed by atoms with van der Waals surface area (Å²) < 4.78 is 11.4. The van der Waals surface area contributed by atoms with Gasteiger partial charge in [0.1, 0.15) is 13.2 Å². The van der Waals surface area contributed by atoms with Crippen LogP contribution in [0.4, 0.5) is 0 Å². The standard InChI is InChI=1S/C19H26N2O3/c22-19(16-7-5-8-17-18(16)24-13-12-23-17)21-11-2-1-6-15(14-21)20-9-3-4-10-20/h5,7-8,15H,1-4,6,9-14H2/t15-/m0/s1. The Morgan fingerprint density at radius 2 is 1.79 bits per heavy atom. The topological polar surface area (TPSA) is 42.0 Å². The van der Waals surface area contributed by atoms with Gasteiger partial charge in [0.05, 0.1) is 5.56 Å². The maximum absolute atomic E-state index is 13.2. The van der Waals surface area contributed by atoms with E-state index in [4.69, 9.17) is 9.47 Å². The Hall–Kier alpha value is -1.75. The predicted octanol–water partition coefficient (Wildman–Crippen LogP) is 2.55. The van der Waals surface area contributed by atoms with Gasteiger partial charge in [-0.05, 0) is 50.9 Å². The summed E-state index contributed by atoms with van der Waals surface area (Å²) in [4.78, 5) is 17.8. The molecule has 2 saturated heterocycles. The Morgan fingerprint density at radius 1 is 1.00 bits per heavy atom. The van der Waals surface area contributed by atoms with Gasteiger partial charge >= 0.3 is 0 Å². The minimum absolute atomic E-state index is 0.0865. The molecule has 1 aromatic rings. The lowest BCUT2D eigenvalue weighted by Gasteiger charge is -2.31. The van der Waals surface area contributed by atoms with Gasteiger partial charge in [0.15, 0.2) is 11.5 Å². The lowest BCUT2D eigenvalue weighted by molar-refractivity contribution is 0.0704. The van der Waals surface area contributed by atoms with Crippen LogP contribution in [0.5, 0.6) is 11.5 Å². The average molecular weight is 330 g/mol. The van der Waals surface area contributed by atoms with Crippen LogP contribution in [-0.4, -0.2) is 61.1 Å². The van der Waals surface area contributed by atoms with Crippen molar-refractivity contribution >= 4 is 5.91 Å². The van der Waals surface area contributed by atoms with E-state index in [0.29, 0.717) is 36.3 Å². The summed E-state index contributed by atoms with van der Waals surface area (Å²) in [7, 11) is 0. The van der Waals surface area contributed by atoms with E-state index in [1.54, 1.807) is 0 Å². The number of likely N-dealkylation sites (tertiary alicyclic amines) is 2. The van der Waals surface area contributed by atoms with E-state index in [0.717, 1.165) is 19.5 Å². The van der Waals surface area contributed by atoms with Crippen molar-refractivity contribution in [3.8, 4) is 11.5 Å². The Morgan fingerprint density at radius 3 is 2.67 bits per heavy atom. The highest BCUT2D eigenvalue weighted by atomic mass is 16.6. The Balaban J connectivity index is 1.54. The highest BCUT2D eigenvalue weighted by Gasteiger charge is 2.30. The molecule has 0 saturated carbocycles. The Labute approximate surface area is 143 Å². The summed E-state index contributed by atoms with van der Waals surface area (Å²) >= 11 is 0. The minimum atomic E-state index is 0.0865. The van der Waals surface area contributed by atoms with E-state index >= 15 is 0 Å². The normalized spacial score (nSPS) is 24.7. The third-order valence-corrected chi connectivity index (χ3v) is 5.39. The number of para-hydroxylation sites is 1. The number of ether oxygens (including phenoxy) is 2. The smallest absolute Gasteiger partial charge is 0.257 e. The maximum atomic E-state index is 13.2. The first-order valence-electron chi connectivity index (χ1n) is 9.25. The van der Waals surface area contributed by atoms with E-state index in [9.17, 15) is 4.79 Å². The van der Waals surface area contributed by atoms with E-state index in [2.05, 4.69) is 4.90 Å². The molecule has 0 bridgehead atoms. The zero-order chi connectivity index (χ0) is 16.4. The van der Waals surface area contributed by atoms with E-state index < -0.39 is 0 Å². The van der Waals surface area contributed by atoms with E-state index in [1.165, 1.54) is 38.8 Å². The molecule has 1 atom stereocenters. The zero-order valence-corrected chi connectivity index (χ0v) is 14.2. The number of carbonyl (C=O) groups is 1. The highest BCUT2D eigenvalue weighted by Crippen LogP contribution is 2.34. The lowest BCUT2D eigenvalue weighted by Crippen LogP contribution is -2.44. The van der Waals surface area contributed by atoms with Crippen LogP contribution < -0.4 is 9.47 Å². The first-order chi connectivity index (χ1) is 11.8. The molecule has 0 unspecified atom stereocenters. The number of hydrogen-bond acceptors (Lipinski definition) is 4. The third-order valence-electron chi connectivity index (χ3n) is 5.39. The van der Waals surface area contributed by atoms with Crippen LogP contribution in [0.15, 0.2) is 18.2 Å². The number of rotatable bonds is 2. The fraction of sp³-hybridized carbons (Fsp3) is 0.632. The molecule has 130 valence electrons. The van der Waals surface area contributed by atoms with Crippen LogP contribution in [0.3, 0.4) is 0 Å². The average Bonchev–Trinajstić information content (AvgIpc) is 3.05. The molecule has 2 fully saturated rings. The number of amides is 1. The van der Waals surface area contributed by atoms with Gasteiger partial charge in [-0.3, -0.25) is 9.69 Å². The van der Waals surface area contributed by atoms with Gasteiger partial charge in [0.25, 0.3) is 5.91 Å². The molecule has 0 aliphatic carbocycles. The molecule has 3 aliphatic heterocycles. The van der Waals surface area contributed by atoms with Crippen molar-refractivity contribution in [2.24, 2.45) is 0 Å². The van der Waals surface area contributed by atoms with Crippen molar-refractivity contribution < 1.29 is 14.3 Å². The fourth-order valence-corrected chi connectivity index (χ4v) is 4.12. The molecule has 0 aromatic heterocycles. The molecule has 3 aliphatic rings. The van der Waals surface area contributed by atoms with Crippen molar-refractivity contribution in [3.63, 3.8) is 0 Å². The molecular formula is C19H26N2O3. The Bertz CT molecular complexity index is 598. The molecule has 24 heavy (non-hydrogen) atoms. The van der Waals surface area contributed by atoms with Crippen molar-refractivity contribution in [2.45, 2.75) is 38.1 Å². The highest BCUT2D eigenvalue weighted by molar-refractivity contribution is 5.98. The Kier molecular flexibility index (Phi) is 4.60. The molecule has 0 radical (unpaired) electrons. The minimum Gasteiger partial charge on any atom is -0.486 e. The zero-order valence-electron chi connectivity index (χ0n) is 14.2. The van der Waals surface area contributed by atoms with Crippen LogP contribution >= 0.6 is 0 Å². The van der Waals surface area contributed by atoms with Gasteiger partial charge < -0.3 is 14.4 Å². The molecular weight excluding hydrogens is 304 g/mol. The van der Waals surface area contributed by atoms with Crippen LogP contribution in [0.1, 0.15) is 42.5 Å². The summed E-state index contributed by atoms with van der Waals surface area (Å²) in [5.41, 5.74) is 0.647. The fourth-order valence-electron chi connectivity index (χ4n) is 4.12. The second-order valence-electron chi connectivity index (χ2n) is 6.97. The van der Waals surface area contributed by atoms with E-state index in [1.807, 2.05) is 23.1 Å². The van der Waals surface area contributed by atoms with Crippen molar-refractivity contribution in [1.29, 1.82) is 0 Å². The maximum Gasteiger partial charge on any atom is 0.257 e. The van der Waals surface area contributed by atoms with Gasteiger partial charge in [-0.2, -0.15) is 0 Å². The molecule has 5 heteroatoms. The lowest BCUT2D eigenvalue weighted by atomic mass is 10.1. The van der Waals surface area contributed by atoms with Gasteiger partial charge in [-0.25, -0.2) is 0 Å². The molecule has 0 spiro atoms. The number of benzene rings is 1. The van der Waals surface area contributed by atoms with E-state index in [-0.39, 0.29) is 5.91 Å². The second kappa shape index (κ2) is 7.01. The van der Waals surface area contributed by atoms with Gasteiger partial charge in [-0.15, -0.1) is 0 Å². The number of fused-ring (bicyclic) bond motifs is 1. The first-order valence-corrected chi connectivity index (χ1v) is 9.25. The molecule has 5 nitrogen and oxygen atoms in total. The second-order valence-corrected chi connectivity index (χ2v) is 6.97. The van der Waals surface area contributed by atoms with Crippen LogP contribution in [0.2, 0.25) is 0 Å². The summed E-state index contributed by atoms with van der Waals surface area (Å²) in [5.74, 6) is 1.40. The SMILES string of the molecule is O=C(c1cccc2c1OCCO2)N1CCCC[C@H](N2CCCC2)C1. The van der Waals surface area contributed by atoms with Crippen LogP contribution in [0, 0.1) is 0 Å².